The Hall–Kier alpha value is -4.41. The average Bonchev–Trinajstić information content (AvgIpc) is 3.22. The summed E-state index contributed by atoms with van der Waals surface area (Å²) in [5.41, 5.74) is 12.0. The van der Waals surface area contributed by atoms with Gasteiger partial charge in [0.05, 0.1) is 24.8 Å². The van der Waals surface area contributed by atoms with Gasteiger partial charge in [0.2, 0.25) is 5.91 Å². The number of nitrogens with zero attached hydrogens (tertiary/aromatic N) is 1. The number of anilines is 1. The van der Waals surface area contributed by atoms with Crippen LogP contribution in [-0.4, -0.2) is 55.2 Å². The van der Waals surface area contributed by atoms with Gasteiger partial charge >= 0.3 is 12.0 Å². The van der Waals surface area contributed by atoms with Crippen molar-refractivity contribution in [2.24, 2.45) is 11.5 Å². The number of morpholine rings is 1. The third kappa shape index (κ3) is 4.44. The minimum Gasteiger partial charge on any atom is -0.456 e. The molecule has 5 N–H and O–H groups in total. The predicted octanol–water partition coefficient (Wildman–Crippen LogP) is 2.94. The maximum absolute atomic E-state index is 12.8. The number of hydrogen-bond donors (Lipinski definition) is 3. The van der Waals surface area contributed by atoms with Crippen molar-refractivity contribution >= 4 is 23.6 Å². The third-order valence-electron chi connectivity index (χ3n) is 6.62. The molecule has 3 amide bonds. The molecule has 10 nitrogen and oxygen atoms in total. The maximum Gasteiger partial charge on any atom is 0.340 e. The summed E-state index contributed by atoms with van der Waals surface area (Å²) < 4.78 is 17.6. The zero-order chi connectivity index (χ0) is 26.9. The van der Waals surface area contributed by atoms with Crippen LogP contribution in [0.15, 0.2) is 66.7 Å². The number of fused-ring (bicyclic) bond motifs is 6. The minimum absolute atomic E-state index is 0.184. The van der Waals surface area contributed by atoms with Gasteiger partial charge in [-0.05, 0) is 31.2 Å². The fraction of sp³-hybridized carbons (Fsp3) is 0.250. The molecule has 3 heterocycles. The number of para-hydroxylation sites is 1. The monoisotopic (exact) mass is 516 g/mol. The molecule has 1 spiro atoms. The molecule has 1 saturated heterocycles. The lowest BCUT2D eigenvalue weighted by atomic mass is 9.77. The summed E-state index contributed by atoms with van der Waals surface area (Å²) in [5, 5.41) is 2.94. The first-order valence-electron chi connectivity index (χ1n) is 12.2. The zero-order valence-electron chi connectivity index (χ0n) is 20.8. The van der Waals surface area contributed by atoms with E-state index in [1.165, 1.54) is 0 Å². The van der Waals surface area contributed by atoms with Crippen molar-refractivity contribution in [1.82, 2.24) is 4.90 Å². The molecule has 10 heteroatoms. The standard InChI is InChI=1S/C25H20N2O5.C3H8N2O/c28-23-17-5-1-2-6-18(17)25(32-23)19-7-3-4-8-21(19)31-22-15-16(9-10-20(22)25)26-24(29)27-11-13-30-14-12-27;1-2(4)3(5)6/h1-10,15H,11-14H2,(H,26,29);2H,4H2,1H3,(H2,5,6). The van der Waals surface area contributed by atoms with E-state index in [0.717, 1.165) is 16.7 Å². The Morgan fingerprint density at radius 3 is 2.29 bits per heavy atom. The van der Waals surface area contributed by atoms with Crippen LogP contribution in [0.4, 0.5) is 10.5 Å². The molecule has 0 bridgehead atoms. The number of nitrogens with one attached hydrogen (secondary N) is 1. The number of carbonyl (C=O) groups is 3. The summed E-state index contributed by atoms with van der Waals surface area (Å²) in [6.45, 7) is 3.71. The van der Waals surface area contributed by atoms with E-state index >= 15 is 0 Å². The summed E-state index contributed by atoms with van der Waals surface area (Å²) in [6.07, 6.45) is 0. The van der Waals surface area contributed by atoms with Crippen LogP contribution in [-0.2, 0) is 19.9 Å². The van der Waals surface area contributed by atoms with Crippen molar-refractivity contribution in [3.05, 3.63) is 89.0 Å². The van der Waals surface area contributed by atoms with E-state index in [9.17, 15) is 14.4 Å². The molecular weight excluding hydrogens is 488 g/mol. The number of rotatable bonds is 2. The van der Waals surface area contributed by atoms with Crippen molar-refractivity contribution in [3.8, 4) is 11.5 Å². The number of primary amides is 1. The van der Waals surface area contributed by atoms with E-state index in [1.807, 2.05) is 54.6 Å². The maximum atomic E-state index is 12.8. The first kappa shape index (κ1) is 25.2. The highest BCUT2D eigenvalue weighted by atomic mass is 16.6. The van der Waals surface area contributed by atoms with Crippen molar-refractivity contribution < 1.29 is 28.6 Å². The number of esters is 1. The predicted molar refractivity (Wildman–Crippen MR) is 139 cm³/mol. The molecule has 0 aliphatic carbocycles. The van der Waals surface area contributed by atoms with Crippen LogP contribution in [0.1, 0.15) is 34.0 Å². The third-order valence-corrected chi connectivity index (χ3v) is 6.62. The van der Waals surface area contributed by atoms with Gasteiger partial charge in [0, 0.05) is 41.5 Å². The summed E-state index contributed by atoms with van der Waals surface area (Å²) >= 11 is 0. The summed E-state index contributed by atoms with van der Waals surface area (Å²) in [7, 11) is 0. The highest BCUT2D eigenvalue weighted by Crippen LogP contribution is 2.56. The van der Waals surface area contributed by atoms with E-state index in [0.29, 0.717) is 49.1 Å². The summed E-state index contributed by atoms with van der Waals surface area (Å²) in [4.78, 5) is 37.0. The van der Waals surface area contributed by atoms with Gasteiger partial charge in [-0.1, -0.05) is 36.4 Å². The first-order chi connectivity index (χ1) is 18.3. The van der Waals surface area contributed by atoms with Crippen LogP contribution in [0, 0.1) is 0 Å². The van der Waals surface area contributed by atoms with Crippen molar-refractivity contribution in [3.63, 3.8) is 0 Å². The van der Waals surface area contributed by atoms with Crippen LogP contribution in [0.5, 0.6) is 11.5 Å². The zero-order valence-corrected chi connectivity index (χ0v) is 20.8. The van der Waals surface area contributed by atoms with Crippen LogP contribution in [0.2, 0.25) is 0 Å². The molecule has 0 aromatic heterocycles. The number of hydrogen-bond acceptors (Lipinski definition) is 7. The van der Waals surface area contributed by atoms with Gasteiger partial charge in [0.25, 0.3) is 0 Å². The Bertz CT molecular complexity index is 1400. The van der Waals surface area contributed by atoms with E-state index in [2.05, 4.69) is 11.1 Å². The van der Waals surface area contributed by atoms with Crippen molar-refractivity contribution in [2.45, 2.75) is 18.6 Å². The van der Waals surface area contributed by atoms with Crippen molar-refractivity contribution in [1.29, 1.82) is 0 Å². The lowest BCUT2D eigenvalue weighted by Gasteiger charge is -2.36. The van der Waals surface area contributed by atoms with Crippen LogP contribution in [0.3, 0.4) is 0 Å². The largest absolute Gasteiger partial charge is 0.456 e. The van der Waals surface area contributed by atoms with E-state index in [-0.39, 0.29) is 12.0 Å². The number of ether oxygens (including phenoxy) is 3. The SMILES string of the molecule is CC(N)C(N)=O.O=C1OC2(c3ccccc3Oc3cc(NC(=O)N4CCOCC4)ccc32)c2ccccc21. The molecule has 0 saturated carbocycles. The molecule has 196 valence electrons. The summed E-state index contributed by atoms with van der Waals surface area (Å²) in [6, 6.07) is 19.7. The molecule has 38 heavy (non-hydrogen) atoms. The average molecular weight is 517 g/mol. The van der Waals surface area contributed by atoms with Gasteiger partial charge in [0.1, 0.15) is 11.5 Å². The van der Waals surface area contributed by atoms with Crippen LogP contribution in [0.25, 0.3) is 0 Å². The normalized spacial score (nSPS) is 19.5. The molecule has 2 atom stereocenters. The Labute approximate surface area is 219 Å². The van der Waals surface area contributed by atoms with Gasteiger partial charge in [-0.15, -0.1) is 0 Å². The molecule has 3 aliphatic heterocycles. The van der Waals surface area contributed by atoms with Crippen molar-refractivity contribution in [2.75, 3.05) is 31.6 Å². The molecule has 0 radical (unpaired) electrons. The van der Waals surface area contributed by atoms with E-state index in [1.54, 1.807) is 24.0 Å². The molecule has 1 fully saturated rings. The molecular formula is C28H28N4O6. The van der Waals surface area contributed by atoms with E-state index in [4.69, 9.17) is 19.9 Å². The number of benzene rings is 3. The highest BCUT2D eigenvalue weighted by molar-refractivity contribution is 5.97. The second-order valence-corrected chi connectivity index (χ2v) is 9.15. The van der Waals surface area contributed by atoms with Gasteiger partial charge in [-0.2, -0.15) is 0 Å². The Morgan fingerprint density at radius 2 is 1.58 bits per heavy atom. The number of carbonyl (C=O) groups excluding carboxylic acids is 3. The lowest BCUT2D eigenvalue weighted by molar-refractivity contribution is -0.118. The van der Waals surface area contributed by atoms with E-state index < -0.39 is 17.6 Å². The fourth-order valence-electron chi connectivity index (χ4n) is 4.67. The minimum atomic E-state index is -1.09. The second-order valence-electron chi connectivity index (χ2n) is 9.15. The topological polar surface area (TPSA) is 146 Å². The highest BCUT2D eigenvalue weighted by Gasteiger charge is 2.53. The smallest absolute Gasteiger partial charge is 0.340 e. The second kappa shape index (κ2) is 10.2. The number of amides is 3. The number of nitrogens with two attached hydrogens (primary N) is 2. The van der Waals surface area contributed by atoms with Gasteiger partial charge in [-0.25, -0.2) is 9.59 Å². The fourth-order valence-corrected chi connectivity index (χ4v) is 4.67. The molecule has 6 rings (SSSR count). The molecule has 3 aromatic carbocycles. The quantitative estimate of drug-likeness (QED) is 0.444. The first-order valence-corrected chi connectivity index (χ1v) is 12.2. The Kier molecular flexibility index (Phi) is 6.75. The van der Waals surface area contributed by atoms with Crippen LogP contribution < -0.4 is 21.5 Å². The Morgan fingerprint density at radius 1 is 0.947 bits per heavy atom. The van der Waals surface area contributed by atoms with Gasteiger partial charge < -0.3 is 35.9 Å². The lowest BCUT2D eigenvalue weighted by Crippen LogP contribution is -2.43. The van der Waals surface area contributed by atoms with Crippen LogP contribution >= 0.6 is 0 Å². The summed E-state index contributed by atoms with van der Waals surface area (Å²) in [5.74, 6) is 0.317. The van der Waals surface area contributed by atoms with Gasteiger partial charge in [0.15, 0.2) is 5.60 Å². The van der Waals surface area contributed by atoms with Gasteiger partial charge in [-0.3, -0.25) is 4.79 Å². The molecule has 2 unspecified atom stereocenters. The number of urea groups is 1. The molecule has 3 aliphatic rings. The Balaban J connectivity index is 0.000000443. The molecule has 3 aromatic rings.